The number of rotatable bonds is 9. The van der Waals surface area contributed by atoms with Crippen LogP contribution in [0.3, 0.4) is 0 Å². The van der Waals surface area contributed by atoms with Gasteiger partial charge in [0.2, 0.25) is 0 Å². The van der Waals surface area contributed by atoms with Crippen molar-refractivity contribution in [2.75, 3.05) is 37.7 Å². The highest BCUT2D eigenvalue weighted by Crippen LogP contribution is 2.39. The number of benzene rings is 1. The van der Waals surface area contributed by atoms with Crippen LogP contribution in [0.1, 0.15) is 72.6 Å². The highest BCUT2D eigenvalue weighted by atomic mass is 35.5. The first-order valence-corrected chi connectivity index (χ1v) is 15.9. The minimum Gasteiger partial charge on any atom is -0.490 e. The summed E-state index contributed by atoms with van der Waals surface area (Å²) in [5.41, 5.74) is 3.13. The van der Waals surface area contributed by atoms with E-state index in [1.54, 1.807) is 6.07 Å². The Balaban J connectivity index is 1.21. The number of nitrogens with one attached hydrogen (secondary N) is 2. The predicted octanol–water partition coefficient (Wildman–Crippen LogP) is 4.35. The topological polar surface area (TPSA) is 96.1 Å². The first kappa shape index (κ1) is 29.5. The molecule has 3 aliphatic heterocycles. The summed E-state index contributed by atoms with van der Waals surface area (Å²) in [5, 5.41) is 3.34. The Morgan fingerprint density at radius 3 is 2.50 bits per heavy atom. The second kappa shape index (κ2) is 12.6. The van der Waals surface area contributed by atoms with Crippen LogP contribution in [0.5, 0.6) is 5.75 Å². The van der Waals surface area contributed by atoms with Crippen LogP contribution in [0.4, 0.5) is 5.69 Å². The maximum atomic E-state index is 13.6. The van der Waals surface area contributed by atoms with Crippen LogP contribution < -0.4 is 20.5 Å². The molecule has 1 aromatic heterocycles. The molecule has 4 aliphatic rings. The van der Waals surface area contributed by atoms with Crippen LogP contribution in [0.25, 0.3) is 0 Å². The molecule has 4 fully saturated rings. The molecule has 2 N–H and O–H groups in total. The number of halogens is 1. The molecule has 42 heavy (non-hydrogen) atoms. The highest BCUT2D eigenvalue weighted by molar-refractivity contribution is 6.36. The van der Waals surface area contributed by atoms with Gasteiger partial charge in [0.15, 0.2) is 0 Å². The number of amides is 1. The van der Waals surface area contributed by atoms with Gasteiger partial charge in [-0.25, -0.2) is 0 Å². The molecule has 2 unspecified atom stereocenters. The molecular weight excluding hydrogens is 556 g/mol. The first-order valence-electron chi connectivity index (χ1n) is 15.5. The van der Waals surface area contributed by atoms with E-state index in [-0.39, 0.29) is 30.2 Å². The Morgan fingerprint density at radius 2 is 1.83 bits per heavy atom. The highest BCUT2D eigenvalue weighted by Gasteiger charge is 2.42. The van der Waals surface area contributed by atoms with Gasteiger partial charge in [-0.1, -0.05) is 11.6 Å². The van der Waals surface area contributed by atoms with Gasteiger partial charge < -0.3 is 29.4 Å². The third kappa shape index (κ3) is 6.20. The summed E-state index contributed by atoms with van der Waals surface area (Å²) in [7, 11) is 0. The van der Waals surface area contributed by atoms with Crippen LogP contribution in [0, 0.1) is 13.8 Å². The van der Waals surface area contributed by atoms with E-state index in [1.807, 2.05) is 26.0 Å². The van der Waals surface area contributed by atoms with E-state index < -0.39 is 0 Å². The summed E-state index contributed by atoms with van der Waals surface area (Å²) in [6.07, 6.45) is 6.93. The standard InChI is InChI=1S/C32H43ClN4O5/c1-4-37(21-7-9-40-10-8-21)29-15-26(42-25-12-22(13-25)36-17-23-5-6-24(18-36)41-23)14-27(30(29)33)31(38)34-16-28-19(2)11-20(3)35-32(28)39/h11,14-15,21-25H,4-10,12-13,16-18H2,1-3H3,(H,34,38)(H,35,39). The van der Waals surface area contributed by atoms with E-state index in [4.69, 9.17) is 25.8 Å². The maximum Gasteiger partial charge on any atom is 0.253 e. The van der Waals surface area contributed by atoms with E-state index in [0.29, 0.717) is 53.4 Å². The van der Waals surface area contributed by atoms with E-state index >= 15 is 0 Å². The lowest BCUT2D eigenvalue weighted by atomic mass is 9.87. The lowest BCUT2D eigenvalue weighted by molar-refractivity contribution is -0.0818. The van der Waals surface area contributed by atoms with Crippen LogP contribution in [0.15, 0.2) is 23.0 Å². The third-order valence-electron chi connectivity index (χ3n) is 9.43. The minimum atomic E-state index is -0.329. The van der Waals surface area contributed by atoms with Crippen molar-refractivity contribution in [2.24, 2.45) is 0 Å². The molecule has 1 saturated carbocycles. The number of fused-ring (bicyclic) bond motifs is 2. The average Bonchev–Trinajstić information content (AvgIpc) is 3.29. The van der Waals surface area contributed by atoms with Gasteiger partial charge in [-0.15, -0.1) is 0 Å². The van der Waals surface area contributed by atoms with Crippen molar-refractivity contribution in [3.8, 4) is 5.75 Å². The number of hydrogen-bond donors (Lipinski definition) is 2. The molecule has 1 amide bonds. The van der Waals surface area contributed by atoms with Crippen molar-refractivity contribution in [1.82, 2.24) is 15.2 Å². The molecular formula is C32H43ClN4O5. The summed E-state index contributed by atoms with van der Waals surface area (Å²) < 4.78 is 18.2. The summed E-state index contributed by atoms with van der Waals surface area (Å²) in [6.45, 7) is 10.1. The fraction of sp³-hybridized carbons (Fsp3) is 0.625. The number of aromatic nitrogens is 1. The van der Waals surface area contributed by atoms with Gasteiger partial charge in [0.05, 0.1) is 28.5 Å². The summed E-state index contributed by atoms with van der Waals surface area (Å²) in [6, 6.07) is 6.44. The zero-order valence-electron chi connectivity index (χ0n) is 24.9. The van der Waals surface area contributed by atoms with Crippen molar-refractivity contribution in [3.63, 3.8) is 0 Å². The molecule has 3 saturated heterocycles. The second-order valence-electron chi connectivity index (χ2n) is 12.3. The smallest absolute Gasteiger partial charge is 0.253 e. The number of aryl methyl sites for hydroxylation is 2. The number of hydrogen-bond acceptors (Lipinski definition) is 7. The molecule has 2 atom stereocenters. The van der Waals surface area contributed by atoms with Gasteiger partial charge >= 0.3 is 0 Å². The Kier molecular flexibility index (Phi) is 8.82. The largest absolute Gasteiger partial charge is 0.490 e. The number of carbonyl (C=O) groups excluding carboxylic acids is 1. The predicted molar refractivity (Wildman–Crippen MR) is 163 cm³/mol. The fourth-order valence-corrected chi connectivity index (χ4v) is 7.39. The van der Waals surface area contributed by atoms with E-state index in [9.17, 15) is 9.59 Å². The number of nitrogens with zero attached hydrogens (tertiary/aromatic N) is 2. The van der Waals surface area contributed by atoms with Crippen LogP contribution in [-0.2, 0) is 16.0 Å². The molecule has 2 aromatic rings. The molecule has 4 heterocycles. The van der Waals surface area contributed by atoms with Gasteiger partial charge in [-0.05, 0) is 64.2 Å². The van der Waals surface area contributed by atoms with Crippen LogP contribution >= 0.6 is 11.6 Å². The number of morpholine rings is 1. The number of aromatic amines is 1. The van der Waals surface area contributed by atoms with Gasteiger partial charge in [0, 0.05) is 81.6 Å². The van der Waals surface area contributed by atoms with E-state index in [1.165, 1.54) is 12.8 Å². The summed E-state index contributed by atoms with van der Waals surface area (Å²) in [4.78, 5) is 33.8. The zero-order chi connectivity index (χ0) is 29.4. The number of pyridine rings is 1. The molecule has 0 spiro atoms. The normalized spacial score (nSPS) is 26.1. The SMILES string of the molecule is CCN(c1cc(OC2CC(N3CC4CCC(C3)O4)C2)cc(C(=O)NCc2c(C)cc(C)[nH]c2=O)c1Cl)C1CCOCC1. The molecule has 9 nitrogen and oxygen atoms in total. The van der Waals surface area contributed by atoms with Gasteiger partial charge in [-0.3, -0.25) is 14.5 Å². The number of ether oxygens (including phenoxy) is 3. The molecule has 10 heteroatoms. The monoisotopic (exact) mass is 598 g/mol. The van der Waals surface area contributed by atoms with Crippen molar-refractivity contribution in [3.05, 3.63) is 56.0 Å². The average molecular weight is 599 g/mol. The number of anilines is 1. The minimum absolute atomic E-state index is 0.0901. The fourth-order valence-electron chi connectivity index (χ4n) is 7.08. The second-order valence-corrected chi connectivity index (χ2v) is 12.7. The Labute approximate surface area is 252 Å². The quantitative estimate of drug-likeness (QED) is 0.443. The number of H-pyrrole nitrogens is 1. The molecule has 228 valence electrons. The number of carbonyl (C=O) groups is 1. The molecule has 2 bridgehead atoms. The van der Waals surface area contributed by atoms with Crippen molar-refractivity contribution >= 4 is 23.2 Å². The molecule has 1 aliphatic carbocycles. The lowest BCUT2D eigenvalue weighted by Gasteiger charge is -2.45. The Morgan fingerprint density at radius 1 is 1.12 bits per heavy atom. The van der Waals surface area contributed by atoms with Gasteiger partial charge in [0.25, 0.3) is 11.5 Å². The number of likely N-dealkylation sites (tertiary alicyclic amines) is 1. The van der Waals surface area contributed by atoms with Crippen LogP contribution in [0.2, 0.25) is 5.02 Å². The van der Waals surface area contributed by atoms with Crippen molar-refractivity contribution in [1.29, 1.82) is 0 Å². The summed E-state index contributed by atoms with van der Waals surface area (Å²) in [5.74, 6) is 0.323. The Hall–Kier alpha value is -2.59. The third-order valence-corrected chi connectivity index (χ3v) is 9.83. The molecule has 6 rings (SSSR count). The van der Waals surface area contributed by atoms with E-state index in [2.05, 4.69) is 27.0 Å². The molecule has 1 aromatic carbocycles. The van der Waals surface area contributed by atoms with Crippen molar-refractivity contribution < 1.29 is 19.0 Å². The lowest BCUT2D eigenvalue weighted by Crippen LogP contribution is -2.55. The maximum absolute atomic E-state index is 13.6. The molecule has 0 radical (unpaired) electrons. The Bertz CT molecular complexity index is 1340. The van der Waals surface area contributed by atoms with E-state index in [0.717, 1.165) is 62.3 Å². The summed E-state index contributed by atoms with van der Waals surface area (Å²) >= 11 is 7.00. The van der Waals surface area contributed by atoms with Gasteiger partial charge in [0.1, 0.15) is 11.9 Å². The van der Waals surface area contributed by atoms with Crippen LogP contribution in [-0.4, -0.2) is 79.0 Å². The zero-order valence-corrected chi connectivity index (χ0v) is 25.7. The first-order chi connectivity index (χ1) is 20.3. The van der Waals surface area contributed by atoms with Crippen molar-refractivity contribution in [2.45, 2.75) is 96.2 Å². The van der Waals surface area contributed by atoms with Gasteiger partial charge in [-0.2, -0.15) is 0 Å².